The Morgan fingerprint density at radius 3 is 1.86 bits per heavy atom. The number of aliphatic hydroxyl groups excluding tert-OH is 2. The standard InChI is InChI=1S/C40H53NO15/c1-7-40(50)13-12-19-28(34(47)32-31(33(19)46)35(48)29-22(43)8-9-23(44)30(29)36(32)49)39(40)56-26-14-20(41(5)6)37(17(3)52-26)55-27-15-24(45)38(18(4)53-27)54-25-11-10-21(42)16(2)51-25/h8-9,16-18,20-21,24-27,37-39,42-47,50H,7,10-15H2,1-6H3/t16-,17+,18+,20-,21-,24+,25-,26-,27-,37-,38+,39+,40+/m0/s1. The molecule has 7 N–H and O–H groups in total. The van der Waals surface area contributed by atoms with Crippen LogP contribution in [0.25, 0.3) is 0 Å². The van der Waals surface area contributed by atoms with Crippen LogP contribution in [0.2, 0.25) is 0 Å². The average Bonchev–Trinajstić information content (AvgIpc) is 3.14. The van der Waals surface area contributed by atoms with Crippen molar-refractivity contribution in [3.8, 4) is 23.0 Å². The summed E-state index contributed by atoms with van der Waals surface area (Å²) < 4.78 is 37.5. The first kappa shape index (κ1) is 40.8. The molecule has 0 aromatic heterocycles. The minimum atomic E-state index is -1.60. The van der Waals surface area contributed by atoms with Crippen molar-refractivity contribution in [3.05, 3.63) is 45.5 Å². The number of hydrogen-bond acceptors (Lipinski definition) is 16. The maximum Gasteiger partial charge on any atom is 0.202 e. The van der Waals surface area contributed by atoms with E-state index >= 15 is 0 Å². The molecule has 16 heteroatoms. The van der Waals surface area contributed by atoms with E-state index in [-0.39, 0.29) is 49.3 Å². The summed E-state index contributed by atoms with van der Waals surface area (Å²) in [6.45, 7) is 7.09. The molecule has 2 aromatic rings. The van der Waals surface area contributed by atoms with Gasteiger partial charge >= 0.3 is 0 Å². The minimum Gasteiger partial charge on any atom is -0.507 e. The number of aliphatic hydroxyl groups is 3. The molecule has 308 valence electrons. The molecule has 16 nitrogen and oxygen atoms in total. The Morgan fingerprint density at radius 1 is 0.732 bits per heavy atom. The Hall–Kier alpha value is -3.42. The minimum absolute atomic E-state index is 0.0260. The first-order chi connectivity index (χ1) is 26.4. The third kappa shape index (κ3) is 6.97. The van der Waals surface area contributed by atoms with Gasteiger partial charge in [0.15, 0.2) is 18.9 Å². The highest BCUT2D eigenvalue weighted by Crippen LogP contribution is 2.54. The van der Waals surface area contributed by atoms with Gasteiger partial charge in [-0.25, -0.2) is 0 Å². The van der Waals surface area contributed by atoms with Crippen LogP contribution in [-0.4, -0.2) is 140 Å². The van der Waals surface area contributed by atoms with E-state index in [1.54, 1.807) is 27.7 Å². The number of benzene rings is 2. The molecule has 0 unspecified atom stereocenters. The van der Waals surface area contributed by atoms with Crippen LogP contribution in [0.1, 0.15) is 115 Å². The van der Waals surface area contributed by atoms with E-state index in [4.69, 9.17) is 28.4 Å². The lowest BCUT2D eigenvalue weighted by Gasteiger charge is -2.48. The van der Waals surface area contributed by atoms with Gasteiger partial charge in [-0.1, -0.05) is 6.92 Å². The molecule has 2 aliphatic carbocycles. The van der Waals surface area contributed by atoms with E-state index in [2.05, 4.69) is 0 Å². The smallest absolute Gasteiger partial charge is 0.202 e. The third-order valence-electron chi connectivity index (χ3n) is 12.3. The summed E-state index contributed by atoms with van der Waals surface area (Å²) in [5, 5.41) is 77.6. The number of likely N-dealkylation sites (N-methyl/N-ethyl adjacent to an activating group) is 1. The van der Waals surface area contributed by atoms with Gasteiger partial charge in [-0.15, -0.1) is 0 Å². The fraction of sp³-hybridized carbons (Fsp3) is 0.650. The monoisotopic (exact) mass is 787 g/mol. The third-order valence-corrected chi connectivity index (χ3v) is 12.3. The van der Waals surface area contributed by atoms with Gasteiger partial charge in [0.25, 0.3) is 0 Å². The predicted molar refractivity (Wildman–Crippen MR) is 195 cm³/mol. The lowest BCUT2D eigenvalue weighted by atomic mass is 9.71. The van der Waals surface area contributed by atoms with Crippen molar-refractivity contribution in [2.75, 3.05) is 14.1 Å². The van der Waals surface area contributed by atoms with Crippen LogP contribution in [-0.2, 0) is 34.8 Å². The Morgan fingerprint density at radius 2 is 1.29 bits per heavy atom. The second-order valence-corrected chi connectivity index (χ2v) is 16.1. The van der Waals surface area contributed by atoms with Gasteiger partial charge in [0.05, 0.1) is 58.4 Å². The van der Waals surface area contributed by atoms with Gasteiger partial charge in [0, 0.05) is 36.4 Å². The first-order valence-corrected chi connectivity index (χ1v) is 19.4. The van der Waals surface area contributed by atoms with Gasteiger partial charge in [0.1, 0.15) is 41.3 Å². The first-order valence-electron chi connectivity index (χ1n) is 19.4. The molecular weight excluding hydrogens is 734 g/mol. The zero-order valence-corrected chi connectivity index (χ0v) is 32.4. The number of aromatic hydroxyl groups is 4. The number of nitrogens with zero attached hydrogens (tertiary/aromatic N) is 1. The molecule has 7 rings (SSSR count). The van der Waals surface area contributed by atoms with Crippen molar-refractivity contribution in [1.82, 2.24) is 4.90 Å². The van der Waals surface area contributed by atoms with Gasteiger partial charge < -0.3 is 69.1 Å². The SMILES string of the molecule is CC[C@@]1(O)CCc2c(O)c3c(c(O)c2[C@H]1O[C@H]1C[C@H](N(C)C)[C@@H](O[C@H]2C[C@@H](O)[C@H](O[C@H]4CC[C@H](O)[C@H](C)O4)[C@@H](C)O2)[C@@H](C)O1)C(=O)c1c(O)ccc(O)c1C3=O. The van der Waals surface area contributed by atoms with Crippen LogP contribution in [0.5, 0.6) is 23.0 Å². The number of phenols is 4. The largest absolute Gasteiger partial charge is 0.507 e. The molecule has 3 heterocycles. The van der Waals surface area contributed by atoms with E-state index in [0.717, 1.165) is 12.1 Å². The number of ether oxygens (including phenoxy) is 6. The topological polar surface area (TPSA) is 234 Å². The summed E-state index contributed by atoms with van der Waals surface area (Å²) in [6, 6.07) is 1.77. The highest BCUT2D eigenvalue weighted by Gasteiger charge is 2.51. The van der Waals surface area contributed by atoms with Gasteiger partial charge in [0.2, 0.25) is 11.6 Å². The fourth-order valence-electron chi connectivity index (χ4n) is 9.02. The maximum atomic E-state index is 13.9. The van der Waals surface area contributed by atoms with Crippen LogP contribution >= 0.6 is 0 Å². The summed E-state index contributed by atoms with van der Waals surface area (Å²) in [4.78, 5) is 29.5. The molecule has 13 atom stereocenters. The second kappa shape index (κ2) is 15.4. The highest BCUT2D eigenvalue weighted by molar-refractivity contribution is 6.32. The van der Waals surface area contributed by atoms with Crippen LogP contribution in [0, 0.1) is 0 Å². The summed E-state index contributed by atoms with van der Waals surface area (Å²) >= 11 is 0. The van der Waals surface area contributed by atoms with E-state index in [1.165, 1.54) is 0 Å². The summed E-state index contributed by atoms with van der Waals surface area (Å²) in [6.07, 6.45) is -6.45. The number of hydrogen-bond donors (Lipinski definition) is 7. The zero-order chi connectivity index (χ0) is 40.5. The molecular formula is C40H53NO15. The van der Waals surface area contributed by atoms with E-state index in [1.807, 2.05) is 19.0 Å². The Balaban J connectivity index is 1.11. The number of phenolic OH excluding ortho intramolecular Hbond substituents is 4. The molecule has 0 amide bonds. The molecule has 56 heavy (non-hydrogen) atoms. The quantitative estimate of drug-likeness (QED) is 0.163. The summed E-state index contributed by atoms with van der Waals surface area (Å²) in [5.74, 6) is -4.36. The van der Waals surface area contributed by atoms with E-state index < -0.39 is 130 Å². The Labute approximate surface area is 324 Å². The maximum absolute atomic E-state index is 13.9. The van der Waals surface area contributed by atoms with E-state index in [9.17, 15) is 45.3 Å². The van der Waals surface area contributed by atoms with Crippen molar-refractivity contribution in [2.45, 2.75) is 152 Å². The molecule has 3 fully saturated rings. The Kier molecular flexibility index (Phi) is 11.2. The van der Waals surface area contributed by atoms with Crippen LogP contribution in [0.15, 0.2) is 12.1 Å². The Bertz CT molecular complexity index is 1840. The number of ketones is 2. The number of carbonyl (C=O) groups is 2. The van der Waals surface area contributed by atoms with Crippen molar-refractivity contribution < 1.29 is 73.8 Å². The lowest BCUT2D eigenvalue weighted by Crippen LogP contribution is -2.58. The van der Waals surface area contributed by atoms with Gasteiger partial charge in [-0.05, 0) is 72.7 Å². The number of fused-ring (bicyclic) bond motifs is 3. The molecule has 0 saturated carbocycles. The van der Waals surface area contributed by atoms with Gasteiger partial charge in [-0.2, -0.15) is 0 Å². The molecule has 5 aliphatic rings. The normalized spacial score (nSPS) is 37.2. The summed E-state index contributed by atoms with van der Waals surface area (Å²) in [7, 11) is 3.73. The van der Waals surface area contributed by atoms with Crippen molar-refractivity contribution >= 4 is 11.6 Å². The number of carbonyl (C=O) groups excluding carboxylic acids is 2. The van der Waals surface area contributed by atoms with Crippen LogP contribution in [0.3, 0.4) is 0 Å². The predicted octanol–water partition coefficient (Wildman–Crippen LogP) is 2.65. The zero-order valence-electron chi connectivity index (χ0n) is 32.4. The average molecular weight is 788 g/mol. The fourth-order valence-corrected chi connectivity index (χ4v) is 9.02. The summed E-state index contributed by atoms with van der Waals surface area (Å²) in [5.41, 5.74) is -3.63. The van der Waals surface area contributed by atoms with E-state index in [0.29, 0.717) is 12.8 Å². The highest BCUT2D eigenvalue weighted by atomic mass is 16.7. The second-order valence-electron chi connectivity index (χ2n) is 16.1. The molecule has 0 spiro atoms. The molecule has 2 aromatic carbocycles. The molecule has 3 aliphatic heterocycles. The lowest BCUT2D eigenvalue weighted by molar-refractivity contribution is -0.331. The number of rotatable bonds is 8. The van der Waals surface area contributed by atoms with Crippen LogP contribution in [0.4, 0.5) is 0 Å². The molecule has 3 saturated heterocycles. The molecule has 0 radical (unpaired) electrons. The molecule has 0 bridgehead atoms. The van der Waals surface area contributed by atoms with Gasteiger partial charge in [-0.3, -0.25) is 9.59 Å². The van der Waals surface area contributed by atoms with Crippen molar-refractivity contribution in [2.24, 2.45) is 0 Å². The van der Waals surface area contributed by atoms with Crippen molar-refractivity contribution in [1.29, 1.82) is 0 Å². The van der Waals surface area contributed by atoms with Crippen molar-refractivity contribution in [3.63, 3.8) is 0 Å². The van der Waals surface area contributed by atoms with Crippen LogP contribution < -0.4 is 0 Å².